The molecule has 0 aromatic heterocycles. The monoisotopic (exact) mass is 270 g/mol. The molecule has 0 spiro atoms. The summed E-state index contributed by atoms with van der Waals surface area (Å²) < 4.78 is 21.8. The summed E-state index contributed by atoms with van der Waals surface area (Å²) in [6.45, 7) is 2.13. The number of nitrogen functional groups attached to an aromatic ring is 1. The quantitative estimate of drug-likeness (QED) is 0.610. The average Bonchev–Trinajstić information content (AvgIpc) is 2.23. The number of hydrogen-bond donors (Lipinski definition) is 2. The second kappa shape index (κ2) is 5.86. The van der Waals surface area contributed by atoms with Gasteiger partial charge in [0.25, 0.3) is 5.91 Å². The molecule has 0 unspecified atom stereocenters. The Bertz CT molecular complexity index is 518. The van der Waals surface area contributed by atoms with Crippen LogP contribution >= 0.6 is 0 Å². The van der Waals surface area contributed by atoms with E-state index in [9.17, 15) is 13.2 Å². The van der Waals surface area contributed by atoms with Gasteiger partial charge in [-0.15, -0.1) is 0 Å². The Hall–Kier alpha value is -1.56. The highest BCUT2D eigenvalue weighted by atomic mass is 32.2. The van der Waals surface area contributed by atoms with Crippen molar-refractivity contribution in [3.05, 3.63) is 29.3 Å². The number of aryl methyl sites for hydroxylation is 1. The molecule has 0 aliphatic heterocycles. The Morgan fingerprint density at radius 3 is 2.61 bits per heavy atom. The summed E-state index contributed by atoms with van der Waals surface area (Å²) in [5, 5.41) is 2.67. The number of nitrogens with two attached hydrogens (primary N) is 1. The van der Waals surface area contributed by atoms with Crippen molar-refractivity contribution in [2.75, 3.05) is 24.3 Å². The molecule has 0 radical (unpaired) electrons. The van der Waals surface area contributed by atoms with E-state index in [0.717, 1.165) is 5.56 Å². The first-order valence-electron chi connectivity index (χ1n) is 5.62. The maximum atomic E-state index is 11.9. The first kappa shape index (κ1) is 14.5. The standard InChI is InChI=1S/C12H18N2O3S/c1-9-5-3-6-10(13)11(9)12(15)14-7-4-8-18(2,16)17/h3,5-6H,4,7-8,13H2,1-2H3,(H,14,15). The molecule has 0 aliphatic carbocycles. The average molecular weight is 270 g/mol. The SMILES string of the molecule is Cc1cccc(N)c1C(=O)NCCCS(C)(=O)=O. The van der Waals surface area contributed by atoms with E-state index >= 15 is 0 Å². The van der Waals surface area contributed by atoms with Crippen LogP contribution in [0.5, 0.6) is 0 Å². The van der Waals surface area contributed by atoms with Crippen LogP contribution in [0.3, 0.4) is 0 Å². The largest absolute Gasteiger partial charge is 0.398 e. The minimum Gasteiger partial charge on any atom is -0.398 e. The van der Waals surface area contributed by atoms with Gasteiger partial charge in [-0.3, -0.25) is 4.79 Å². The summed E-state index contributed by atoms with van der Waals surface area (Å²) in [6.07, 6.45) is 1.57. The van der Waals surface area contributed by atoms with E-state index in [1.54, 1.807) is 12.1 Å². The highest BCUT2D eigenvalue weighted by molar-refractivity contribution is 7.90. The van der Waals surface area contributed by atoms with Gasteiger partial charge in [-0.05, 0) is 25.0 Å². The van der Waals surface area contributed by atoms with Crippen LogP contribution in [0.2, 0.25) is 0 Å². The number of nitrogens with one attached hydrogen (secondary N) is 1. The van der Waals surface area contributed by atoms with Gasteiger partial charge in [-0.1, -0.05) is 12.1 Å². The first-order valence-corrected chi connectivity index (χ1v) is 7.68. The number of amides is 1. The highest BCUT2D eigenvalue weighted by Gasteiger charge is 2.12. The molecule has 0 heterocycles. The maximum Gasteiger partial charge on any atom is 0.253 e. The Morgan fingerprint density at radius 1 is 1.39 bits per heavy atom. The van der Waals surface area contributed by atoms with Crippen LogP contribution < -0.4 is 11.1 Å². The molecule has 0 aliphatic rings. The van der Waals surface area contributed by atoms with Gasteiger partial charge in [-0.25, -0.2) is 8.42 Å². The Labute approximate surface area is 107 Å². The van der Waals surface area contributed by atoms with Gasteiger partial charge in [0.2, 0.25) is 0 Å². The fraction of sp³-hybridized carbons (Fsp3) is 0.417. The molecule has 0 saturated heterocycles. The molecule has 1 rings (SSSR count). The molecule has 0 fully saturated rings. The molecule has 0 bridgehead atoms. The molecule has 1 aromatic rings. The lowest BCUT2D eigenvalue weighted by molar-refractivity contribution is 0.0954. The molecular weight excluding hydrogens is 252 g/mol. The minimum absolute atomic E-state index is 0.0660. The molecule has 0 atom stereocenters. The van der Waals surface area contributed by atoms with E-state index in [0.29, 0.717) is 24.2 Å². The van der Waals surface area contributed by atoms with E-state index in [-0.39, 0.29) is 11.7 Å². The van der Waals surface area contributed by atoms with Crippen molar-refractivity contribution in [2.45, 2.75) is 13.3 Å². The molecule has 6 heteroatoms. The van der Waals surface area contributed by atoms with Crippen molar-refractivity contribution in [1.82, 2.24) is 5.32 Å². The van der Waals surface area contributed by atoms with Gasteiger partial charge in [-0.2, -0.15) is 0 Å². The van der Waals surface area contributed by atoms with Gasteiger partial charge >= 0.3 is 0 Å². The smallest absolute Gasteiger partial charge is 0.253 e. The molecular formula is C12H18N2O3S. The van der Waals surface area contributed by atoms with Crippen LogP contribution in [0.1, 0.15) is 22.3 Å². The van der Waals surface area contributed by atoms with Gasteiger partial charge in [0.1, 0.15) is 9.84 Å². The third-order valence-electron chi connectivity index (χ3n) is 2.51. The number of carbonyl (C=O) groups is 1. The highest BCUT2D eigenvalue weighted by Crippen LogP contribution is 2.15. The lowest BCUT2D eigenvalue weighted by Crippen LogP contribution is -2.27. The fourth-order valence-electron chi connectivity index (χ4n) is 1.63. The lowest BCUT2D eigenvalue weighted by atomic mass is 10.1. The Kier molecular flexibility index (Phi) is 4.72. The van der Waals surface area contributed by atoms with E-state index < -0.39 is 9.84 Å². The summed E-state index contributed by atoms with van der Waals surface area (Å²) in [4.78, 5) is 11.9. The van der Waals surface area contributed by atoms with Gasteiger partial charge < -0.3 is 11.1 Å². The van der Waals surface area contributed by atoms with Crippen LogP contribution in [0.15, 0.2) is 18.2 Å². The molecule has 100 valence electrons. The molecule has 0 saturated carbocycles. The summed E-state index contributed by atoms with van der Waals surface area (Å²) in [5.41, 5.74) is 7.42. The predicted molar refractivity (Wildman–Crippen MR) is 72.3 cm³/mol. The Morgan fingerprint density at radius 2 is 2.06 bits per heavy atom. The van der Waals surface area contributed by atoms with Gasteiger partial charge in [0.15, 0.2) is 0 Å². The molecule has 3 N–H and O–H groups in total. The lowest BCUT2D eigenvalue weighted by Gasteiger charge is -2.09. The van der Waals surface area contributed by atoms with Crippen molar-refractivity contribution >= 4 is 21.4 Å². The number of carbonyl (C=O) groups excluding carboxylic acids is 1. The molecule has 5 nitrogen and oxygen atoms in total. The van der Waals surface area contributed by atoms with Crippen molar-refractivity contribution in [3.8, 4) is 0 Å². The second-order valence-electron chi connectivity index (χ2n) is 4.28. The maximum absolute atomic E-state index is 11.9. The van der Waals surface area contributed by atoms with Gasteiger partial charge in [0.05, 0.1) is 11.3 Å². The minimum atomic E-state index is -2.98. The topological polar surface area (TPSA) is 89.3 Å². The molecule has 18 heavy (non-hydrogen) atoms. The van der Waals surface area contributed by atoms with Crippen LogP contribution in [0.4, 0.5) is 5.69 Å². The van der Waals surface area contributed by atoms with E-state index in [2.05, 4.69) is 5.32 Å². The normalized spacial score (nSPS) is 11.2. The number of rotatable bonds is 5. The van der Waals surface area contributed by atoms with Crippen molar-refractivity contribution in [1.29, 1.82) is 0 Å². The zero-order valence-electron chi connectivity index (χ0n) is 10.6. The number of sulfone groups is 1. The summed E-state index contributed by atoms with van der Waals surface area (Å²) in [7, 11) is -2.98. The zero-order chi connectivity index (χ0) is 13.8. The summed E-state index contributed by atoms with van der Waals surface area (Å²) in [5.74, 6) is -0.199. The first-order chi connectivity index (χ1) is 8.31. The number of anilines is 1. The third kappa shape index (κ3) is 4.37. The molecule has 1 amide bonds. The van der Waals surface area contributed by atoms with Crippen molar-refractivity contribution in [3.63, 3.8) is 0 Å². The van der Waals surface area contributed by atoms with Gasteiger partial charge in [0, 0.05) is 18.5 Å². The van der Waals surface area contributed by atoms with Crippen LogP contribution in [0.25, 0.3) is 0 Å². The molecule has 1 aromatic carbocycles. The zero-order valence-corrected chi connectivity index (χ0v) is 11.4. The van der Waals surface area contributed by atoms with E-state index in [1.165, 1.54) is 6.26 Å². The Balaban J connectivity index is 2.56. The van der Waals surface area contributed by atoms with Crippen LogP contribution in [-0.2, 0) is 9.84 Å². The van der Waals surface area contributed by atoms with Crippen molar-refractivity contribution < 1.29 is 13.2 Å². The van der Waals surface area contributed by atoms with Crippen molar-refractivity contribution in [2.24, 2.45) is 0 Å². The summed E-state index contributed by atoms with van der Waals surface area (Å²) in [6, 6.07) is 5.26. The van der Waals surface area contributed by atoms with E-state index in [4.69, 9.17) is 5.73 Å². The predicted octanol–water partition coefficient (Wildman–Crippen LogP) is 0.742. The third-order valence-corrected chi connectivity index (χ3v) is 3.54. The van der Waals surface area contributed by atoms with Crippen LogP contribution in [-0.4, -0.2) is 32.9 Å². The number of benzene rings is 1. The fourth-order valence-corrected chi connectivity index (χ4v) is 2.29. The second-order valence-corrected chi connectivity index (χ2v) is 6.54. The summed E-state index contributed by atoms with van der Waals surface area (Å²) >= 11 is 0. The number of hydrogen-bond acceptors (Lipinski definition) is 4. The van der Waals surface area contributed by atoms with Crippen LogP contribution in [0, 0.1) is 6.92 Å². The van der Waals surface area contributed by atoms with E-state index in [1.807, 2.05) is 13.0 Å².